The molecule has 0 radical (unpaired) electrons. The Morgan fingerprint density at radius 1 is 1.07 bits per heavy atom. The molecule has 1 heterocycles. The lowest BCUT2D eigenvalue weighted by atomic mass is 10.00. The number of rotatable bonds is 3. The number of nitrogens with zero attached hydrogens (tertiary/aromatic N) is 1. The standard InChI is InChI=1S/C23H19ClN2O2/c1-14-3-2-4-15(11-14)12-21-23(28)26-20-10-7-17(24)13-19(20)22(25-21)16-5-8-18(27)9-6-16/h2-11,13,21,27H,12H2,1H3,(H,26,28). The van der Waals surface area contributed by atoms with Gasteiger partial charge in [-0.2, -0.15) is 0 Å². The monoisotopic (exact) mass is 390 g/mol. The van der Waals surface area contributed by atoms with E-state index in [0.717, 1.165) is 22.3 Å². The smallest absolute Gasteiger partial charge is 0.249 e. The minimum absolute atomic E-state index is 0.154. The van der Waals surface area contributed by atoms with Gasteiger partial charge in [-0.15, -0.1) is 0 Å². The molecule has 0 saturated carbocycles. The molecule has 0 aromatic heterocycles. The van der Waals surface area contributed by atoms with Gasteiger partial charge in [0.2, 0.25) is 5.91 Å². The summed E-state index contributed by atoms with van der Waals surface area (Å²) in [6.07, 6.45) is 0.497. The molecule has 140 valence electrons. The van der Waals surface area contributed by atoms with Crippen molar-refractivity contribution in [3.63, 3.8) is 0 Å². The van der Waals surface area contributed by atoms with Crippen LogP contribution in [0.2, 0.25) is 5.02 Å². The van der Waals surface area contributed by atoms with E-state index in [1.807, 2.05) is 25.1 Å². The van der Waals surface area contributed by atoms with Crippen LogP contribution >= 0.6 is 11.6 Å². The van der Waals surface area contributed by atoms with E-state index in [1.54, 1.807) is 42.5 Å². The number of benzene rings is 3. The molecule has 5 heteroatoms. The van der Waals surface area contributed by atoms with E-state index in [-0.39, 0.29) is 11.7 Å². The highest BCUT2D eigenvalue weighted by molar-refractivity contribution is 6.32. The van der Waals surface area contributed by atoms with Crippen LogP contribution in [-0.2, 0) is 11.2 Å². The van der Waals surface area contributed by atoms with Gasteiger partial charge >= 0.3 is 0 Å². The van der Waals surface area contributed by atoms with Crippen molar-refractivity contribution >= 4 is 28.9 Å². The Kier molecular flexibility index (Phi) is 4.88. The normalized spacial score (nSPS) is 16.0. The number of phenols is 1. The number of hydrogen-bond acceptors (Lipinski definition) is 3. The van der Waals surface area contributed by atoms with Crippen molar-refractivity contribution in [2.45, 2.75) is 19.4 Å². The first kappa shape index (κ1) is 18.3. The van der Waals surface area contributed by atoms with Crippen molar-refractivity contribution in [2.75, 3.05) is 5.32 Å². The number of carbonyl (C=O) groups excluding carboxylic acids is 1. The van der Waals surface area contributed by atoms with Gasteiger partial charge in [0.25, 0.3) is 0 Å². The zero-order valence-electron chi connectivity index (χ0n) is 15.3. The van der Waals surface area contributed by atoms with Crippen LogP contribution < -0.4 is 5.32 Å². The van der Waals surface area contributed by atoms with Gasteiger partial charge in [0.15, 0.2) is 0 Å². The maximum atomic E-state index is 12.9. The summed E-state index contributed by atoms with van der Waals surface area (Å²) in [5, 5.41) is 13.2. The fraction of sp³-hybridized carbons (Fsp3) is 0.130. The van der Waals surface area contributed by atoms with Gasteiger partial charge in [-0.05, 0) is 55.0 Å². The summed E-state index contributed by atoms with van der Waals surface area (Å²) in [6.45, 7) is 2.03. The van der Waals surface area contributed by atoms with Crippen molar-refractivity contribution in [3.8, 4) is 5.75 Å². The highest BCUT2D eigenvalue weighted by Crippen LogP contribution is 2.28. The van der Waals surface area contributed by atoms with Crippen LogP contribution in [0.4, 0.5) is 5.69 Å². The SMILES string of the molecule is Cc1cccc(CC2N=C(c3ccc(O)cc3)c3cc(Cl)ccc3NC2=O)c1. The number of anilines is 1. The second-order valence-corrected chi connectivity index (χ2v) is 7.35. The Hall–Kier alpha value is -3.11. The lowest BCUT2D eigenvalue weighted by Gasteiger charge is -2.12. The minimum atomic E-state index is -0.572. The number of phenolic OH excluding ortho intramolecular Hbond substituents is 1. The van der Waals surface area contributed by atoms with Crippen molar-refractivity contribution in [1.82, 2.24) is 0 Å². The predicted octanol–water partition coefficient (Wildman–Crippen LogP) is 4.75. The molecule has 1 unspecified atom stereocenters. The van der Waals surface area contributed by atoms with Crippen molar-refractivity contribution in [3.05, 3.63) is 94.0 Å². The average Bonchev–Trinajstić information content (AvgIpc) is 2.79. The second-order valence-electron chi connectivity index (χ2n) is 6.91. The third kappa shape index (κ3) is 3.78. The lowest BCUT2D eigenvalue weighted by Crippen LogP contribution is -2.27. The van der Waals surface area contributed by atoms with E-state index in [9.17, 15) is 9.90 Å². The van der Waals surface area contributed by atoms with E-state index >= 15 is 0 Å². The largest absolute Gasteiger partial charge is 0.508 e. The van der Waals surface area contributed by atoms with Gasteiger partial charge in [-0.1, -0.05) is 41.4 Å². The van der Waals surface area contributed by atoms with E-state index in [4.69, 9.17) is 16.6 Å². The quantitative estimate of drug-likeness (QED) is 0.677. The molecule has 28 heavy (non-hydrogen) atoms. The van der Waals surface area contributed by atoms with Crippen LogP contribution in [0.3, 0.4) is 0 Å². The summed E-state index contributed by atoms with van der Waals surface area (Å²) in [6, 6.07) is 19.7. The Morgan fingerprint density at radius 3 is 2.61 bits per heavy atom. The summed E-state index contributed by atoms with van der Waals surface area (Å²) >= 11 is 6.22. The van der Waals surface area contributed by atoms with Crippen LogP contribution in [0, 0.1) is 6.92 Å². The van der Waals surface area contributed by atoms with Gasteiger partial charge < -0.3 is 10.4 Å². The van der Waals surface area contributed by atoms with Crippen LogP contribution in [0.5, 0.6) is 5.75 Å². The number of carbonyl (C=O) groups is 1. The molecule has 0 bridgehead atoms. The minimum Gasteiger partial charge on any atom is -0.508 e. The highest BCUT2D eigenvalue weighted by atomic mass is 35.5. The van der Waals surface area contributed by atoms with Gasteiger partial charge in [0, 0.05) is 22.6 Å². The summed E-state index contributed by atoms with van der Waals surface area (Å²) in [7, 11) is 0. The van der Waals surface area contributed by atoms with Gasteiger partial charge in [0.05, 0.1) is 11.4 Å². The molecular weight excluding hydrogens is 372 g/mol. The Morgan fingerprint density at radius 2 is 1.86 bits per heavy atom. The van der Waals surface area contributed by atoms with Crippen molar-refractivity contribution in [1.29, 1.82) is 0 Å². The van der Waals surface area contributed by atoms with Gasteiger partial charge in [-0.25, -0.2) is 0 Å². The Balaban J connectivity index is 1.82. The fourth-order valence-corrected chi connectivity index (χ4v) is 3.54. The number of aryl methyl sites for hydroxylation is 1. The first-order chi connectivity index (χ1) is 13.5. The van der Waals surface area contributed by atoms with E-state index in [0.29, 0.717) is 22.8 Å². The summed E-state index contributed by atoms with van der Waals surface area (Å²) in [5.74, 6) is 0.0219. The van der Waals surface area contributed by atoms with Crippen LogP contribution in [0.25, 0.3) is 0 Å². The Labute approximate surface area is 168 Å². The number of aromatic hydroxyl groups is 1. The molecule has 0 spiro atoms. The third-order valence-electron chi connectivity index (χ3n) is 4.73. The summed E-state index contributed by atoms with van der Waals surface area (Å²) < 4.78 is 0. The molecular formula is C23H19ClN2O2. The second kappa shape index (κ2) is 7.49. The van der Waals surface area contributed by atoms with Crippen LogP contribution in [0.1, 0.15) is 22.3 Å². The molecule has 1 aliphatic heterocycles. The van der Waals surface area contributed by atoms with Crippen LogP contribution in [-0.4, -0.2) is 22.8 Å². The zero-order valence-corrected chi connectivity index (χ0v) is 16.1. The molecule has 0 fully saturated rings. The molecule has 1 amide bonds. The van der Waals surface area contributed by atoms with E-state index in [1.165, 1.54) is 0 Å². The lowest BCUT2D eigenvalue weighted by molar-refractivity contribution is -0.117. The molecule has 4 nitrogen and oxygen atoms in total. The van der Waals surface area contributed by atoms with E-state index < -0.39 is 6.04 Å². The first-order valence-electron chi connectivity index (χ1n) is 9.03. The van der Waals surface area contributed by atoms with Crippen LogP contribution in [0.15, 0.2) is 71.7 Å². The molecule has 4 rings (SSSR count). The topological polar surface area (TPSA) is 61.7 Å². The summed E-state index contributed by atoms with van der Waals surface area (Å²) in [5.41, 5.74) is 5.12. The van der Waals surface area contributed by atoms with Gasteiger partial charge in [0.1, 0.15) is 11.8 Å². The molecule has 2 N–H and O–H groups in total. The molecule has 1 atom stereocenters. The zero-order chi connectivity index (χ0) is 19.7. The molecule has 1 aliphatic rings. The molecule has 0 aliphatic carbocycles. The summed E-state index contributed by atoms with van der Waals surface area (Å²) in [4.78, 5) is 17.7. The maximum absolute atomic E-state index is 12.9. The average molecular weight is 391 g/mol. The maximum Gasteiger partial charge on any atom is 0.249 e. The molecule has 3 aromatic rings. The number of amides is 1. The number of hydrogen-bond donors (Lipinski definition) is 2. The number of benzodiazepines with no additional fused rings is 1. The number of fused-ring (bicyclic) bond motifs is 1. The molecule has 3 aromatic carbocycles. The number of aliphatic imine (C=N–C) groups is 1. The van der Waals surface area contributed by atoms with Crippen molar-refractivity contribution < 1.29 is 9.90 Å². The van der Waals surface area contributed by atoms with Crippen molar-refractivity contribution in [2.24, 2.45) is 4.99 Å². The Bertz CT molecular complexity index is 1070. The van der Waals surface area contributed by atoms with E-state index in [2.05, 4.69) is 11.4 Å². The molecule has 0 saturated heterocycles. The first-order valence-corrected chi connectivity index (χ1v) is 9.41. The predicted molar refractivity (Wildman–Crippen MR) is 112 cm³/mol. The van der Waals surface area contributed by atoms with Gasteiger partial charge in [-0.3, -0.25) is 9.79 Å². The number of nitrogens with one attached hydrogen (secondary N) is 1. The fourth-order valence-electron chi connectivity index (χ4n) is 3.37. The number of halogens is 1. The highest BCUT2D eigenvalue weighted by Gasteiger charge is 2.26. The third-order valence-corrected chi connectivity index (χ3v) is 4.97.